The van der Waals surface area contributed by atoms with Crippen LogP contribution in [0.4, 0.5) is 0 Å². The number of ether oxygens (including phenoxy) is 1. The molecule has 0 saturated carbocycles. The lowest BCUT2D eigenvalue weighted by atomic mass is 9.89. The Bertz CT molecular complexity index is 556. The largest absolute Gasteiger partial charge is 0.385 e. The van der Waals surface area contributed by atoms with Crippen LogP contribution in [0.15, 0.2) is 36.7 Å². The van der Waals surface area contributed by atoms with Crippen LogP contribution in [0.5, 0.6) is 0 Å². The van der Waals surface area contributed by atoms with Crippen LogP contribution in [0, 0.1) is 0 Å². The Hall–Kier alpha value is -1.45. The molecule has 1 N–H and O–H groups in total. The zero-order valence-corrected chi connectivity index (χ0v) is 10.5. The molecule has 0 radical (unpaired) electrons. The number of aromatic nitrogens is 1. The van der Waals surface area contributed by atoms with Crippen LogP contribution < -0.4 is 0 Å². The van der Waals surface area contributed by atoms with E-state index in [4.69, 9.17) is 4.74 Å². The molecule has 3 heteroatoms. The highest BCUT2D eigenvalue weighted by Gasteiger charge is 2.39. The molecule has 3 rings (SSSR count). The van der Waals surface area contributed by atoms with Gasteiger partial charge in [0.1, 0.15) is 6.10 Å². The van der Waals surface area contributed by atoms with E-state index in [2.05, 4.69) is 4.98 Å². The number of aliphatic hydroxyl groups is 1. The molecule has 1 aliphatic rings. The molecule has 1 aromatic heterocycles. The van der Waals surface area contributed by atoms with E-state index in [1.54, 1.807) is 6.20 Å². The van der Waals surface area contributed by atoms with E-state index >= 15 is 0 Å². The second kappa shape index (κ2) is 4.34. The lowest BCUT2D eigenvalue weighted by Crippen LogP contribution is -2.32. The van der Waals surface area contributed by atoms with E-state index in [1.807, 2.05) is 37.4 Å². The first-order valence-electron chi connectivity index (χ1n) is 6.35. The Balaban J connectivity index is 2.08. The van der Waals surface area contributed by atoms with Crippen molar-refractivity contribution in [3.8, 4) is 0 Å². The maximum absolute atomic E-state index is 10.6. The average Bonchev–Trinajstić information content (AvgIpc) is 2.85. The van der Waals surface area contributed by atoms with Crippen molar-refractivity contribution in [3.05, 3.63) is 42.2 Å². The van der Waals surface area contributed by atoms with Crippen molar-refractivity contribution in [1.82, 2.24) is 4.98 Å². The van der Waals surface area contributed by atoms with Gasteiger partial charge in [0.05, 0.1) is 5.60 Å². The van der Waals surface area contributed by atoms with Crippen LogP contribution >= 0.6 is 0 Å². The molecule has 0 aliphatic carbocycles. The molecule has 1 saturated heterocycles. The molecule has 2 heterocycles. The van der Waals surface area contributed by atoms with Gasteiger partial charge in [-0.05, 0) is 25.2 Å². The number of fused-ring (bicyclic) bond motifs is 1. The molecule has 1 fully saturated rings. The Morgan fingerprint density at radius 1 is 1.33 bits per heavy atom. The molecular weight excluding hydrogens is 226 g/mol. The summed E-state index contributed by atoms with van der Waals surface area (Å²) < 4.78 is 5.73. The maximum Gasteiger partial charge on any atom is 0.110 e. The quantitative estimate of drug-likeness (QED) is 0.882. The van der Waals surface area contributed by atoms with Crippen molar-refractivity contribution < 1.29 is 9.84 Å². The predicted octanol–water partition coefficient (Wildman–Crippen LogP) is 2.84. The molecule has 18 heavy (non-hydrogen) atoms. The zero-order chi connectivity index (χ0) is 12.6. The van der Waals surface area contributed by atoms with Crippen molar-refractivity contribution in [3.63, 3.8) is 0 Å². The lowest BCUT2D eigenvalue weighted by molar-refractivity contribution is -0.0791. The van der Waals surface area contributed by atoms with Crippen LogP contribution in [0.3, 0.4) is 0 Å². The van der Waals surface area contributed by atoms with E-state index in [0.717, 1.165) is 35.8 Å². The monoisotopic (exact) mass is 243 g/mol. The van der Waals surface area contributed by atoms with Gasteiger partial charge in [0.2, 0.25) is 0 Å². The van der Waals surface area contributed by atoms with E-state index in [1.165, 1.54) is 0 Å². The first-order chi connectivity index (χ1) is 8.71. The third-order valence-corrected chi connectivity index (χ3v) is 3.82. The number of hydrogen-bond acceptors (Lipinski definition) is 3. The molecule has 1 aliphatic heterocycles. The molecule has 2 unspecified atom stereocenters. The number of rotatable bonds is 2. The Labute approximate surface area is 106 Å². The summed E-state index contributed by atoms with van der Waals surface area (Å²) in [6, 6.07) is 7.99. The number of nitrogens with zero attached hydrogens (tertiary/aromatic N) is 1. The molecule has 94 valence electrons. The van der Waals surface area contributed by atoms with Crippen LogP contribution in [0.25, 0.3) is 10.8 Å². The topological polar surface area (TPSA) is 42.4 Å². The average molecular weight is 243 g/mol. The summed E-state index contributed by atoms with van der Waals surface area (Å²) in [6.07, 6.45) is 4.84. The van der Waals surface area contributed by atoms with E-state index in [-0.39, 0.29) is 0 Å². The molecular formula is C15H17NO2. The fraction of sp³-hybridized carbons (Fsp3) is 0.400. The molecule has 0 bridgehead atoms. The minimum atomic E-state index is -0.626. The van der Waals surface area contributed by atoms with Gasteiger partial charge >= 0.3 is 0 Å². The molecule has 3 nitrogen and oxygen atoms in total. The third kappa shape index (κ3) is 1.80. The van der Waals surface area contributed by atoms with Crippen LogP contribution in [0.1, 0.15) is 31.4 Å². The highest BCUT2D eigenvalue weighted by atomic mass is 16.5. The molecule has 2 atom stereocenters. The number of pyridine rings is 1. The van der Waals surface area contributed by atoms with Crippen molar-refractivity contribution in [1.29, 1.82) is 0 Å². The van der Waals surface area contributed by atoms with Crippen LogP contribution in [-0.4, -0.2) is 22.3 Å². The van der Waals surface area contributed by atoms with Gasteiger partial charge in [0.15, 0.2) is 0 Å². The minimum absolute atomic E-state index is 0.480. The van der Waals surface area contributed by atoms with Crippen LogP contribution in [-0.2, 0) is 4.74 Å². The molecule has 0 amide bonds. The summed E-state index contributed by atoms with van der Waals surface area (Å²) in [5, 5.41) is 12.7. The van der Waals surface area contributed by atoms with Crippen molar-refractivity contribution >= 4 is 10.8 Å². The van der Waals surface area contributed by atoms with Gasteiger partial charge in [-0.2, -0.15) is 0 Å². The van der Waals surface area contributed by atoms with Gasteiger partial charge in [-0.3, -0.25) is 4.98 Å². The van der Waals surface area contributed by atoms with Gasteiger partial charge in [0, 0.05) is 30.0 Å². The second-order valence-corrected chi connectivity index (χ2v) is 5.12. The molecule has 2 aromatic rings. The summed E-state index contributed by atoms with van der Waals surface area (Å²) in [7, 11) is 0. The summed E-state index contributed by atoms with van der Waals surface area (Å²) in [6.45, 7) is 2.71. The van der Waals surface area contributed by atoms with Crippen LogP contribution in [0.2, 0.25) is 0 Å². The van der Waals surface area contributed by atoms with E-state index in [9.17, 15) is 5.11 Å². The fourth-order valence-corrected chi connectivity index (χ4v) is 2.70. The Morgan fingerprint density at radius 3 is 2.94 bits per heavy atom. The number of aliphatic hydroxyl groups excluding tert-OH is 1. The third-order valence-electron chi connectivity index (χ3n) is 3.82. The molecule has 0 spiro atoms. The standard InChI is InChI=1S/C15H17NO2/c1-15(7-4-8-18-15)14(17)13-10-16-9-11-5-2-3-6-12(11)13/h2-3,5-6,9-10,14,17H,4,7-8H2,1H3. The Kier molecular flexibility index (Phi) is 2.80. The van der Waals surface area contributed by atoms with Crippen molar-refractivity contribution in [2.75, 3.05) is 6.61 Å². The molecule has 1 aromatic carbocycles. The highest BCUT2D eigenvalue weighted by molar-refractivity contribution is 5.85. The summed E-state index contributed by atoms with van der Waals surface area (Å²) in [5.74, 6) is 0. The van der Waals surface area contributed by atoms with Crippen molar-refractivity contribution in [2.45, 2.75) is 31.5 Å². The van der Waals surface area contributed by atoms with E-state index < -0.39 is 11.7 Å². The predicted molar refractivity (Wildman–Crippen MR) is 70.3 cm³/mol. The van der Waals surface area contributed by atoms with Gasteiger partial charge < -0.3 is 9.84 Å². The summed E-state index contributed by atoms with van der Waals surface area (Å²) >= 11 is 0. The summed E-state index contributed by atoms with van der Waals surface area (Å²) in [4.78, 5) is 4.22. The van der Waals surface area contributed by atoms with Gasteiger partial charge in [-0.1, -0.05) is 24.3 Å². The normalized spacial score (nSPS) is 25.4. The first kappa shape index (κ1) is 11.6. The van der Waals surface area contributed by atoms with Gasteiger partial charge in [0.25, 0.3) is 0 Å². The summed E-state index contributed by atoms with van der Waals surface area (Å²) in [5.41, 5.74) is 0.378. The minimum Gasteiger partial charge on any atom is -0.385 e. The number of hydrogen-bond donors (Lipinski definition) is 1. The second-order valence-electron chi connectivity index (χ2n) is 5.12. The SMILES string of the molecule is CC1(C(O)c2cncc3ccccc23)CCCO1. The highest BCUT2D eigenvalue weighted by Crippen LogP contribution is 2.39. The smallest absolute Gasteiger partial charge is 0.110 e. The zero-order valence-electron chi connectivity index (χ0n) is 10.5. The first-order valence-corrected chi connectivity index (χ1v) is 6.35. The lowest BCUT2D eigenvalue weighted by Gasteiger charge is -2.30. The number of benzene rings is 1. The van der Waals surface area contributed by atoms with Gasteiger partial charge in [-0.25, -0.2) is 0 Å². The fourth-order valence-electron chi connectivity index (χ4n) is 2.70. The van der Waals surface area contributed by atoms with E-state index in [0.29, 0.717) is 0 Å². The Morgan fingerprint density at radius 2 is 2.17 bits per heavy atom. The van der Waals surface area contributed by atoms with Crippen molar-refractivity contribution in [2.24, 2.45) is 0 Å². The maximum atomic E-state index is 10.6. The van der Waals surface area contributed by atoms with Gasteiger partial charge in [-0.15, -0.1) is 0 Å².